The van der Waals surface area contributed by atoms with E-state index in [9.17, 15) is 9.59 Å². The second-order valence-electron chi connectivity index (χ2n) is 7.02. The number of amides is 1. The molecule has 0 aliphatic heterocycles. The highest BCUT2D eigenvalue weighted by molar-refractivity contribution is 7.15. The number of carbonyl (C=O) groups excluding carboxylic acids is 2. The normalized spacial score (nSPS) is 17.7. The van der Waals surface area contributed by atoms with Crippen LogP contribution in [-0.4, -0.2) is 23.0 Å². The first-order chi connectivity index (χ1) is 12.7. The highest BCUT2D eigenvalue weighted by Crippen LogP contribution is 2.38. The molecule has 0 unspecified atom stereocenters. The van der Waals surface area contributed by atoms with Gasteiger partial charge in [0, 0.05) is 29.3 Å². The summed E-state index contributed by atoms with van der Waals surface area (Å²) in [5, 5.41) is 5.45. The minimum atomic E-state index is -0.337. The monoisotopic (exact) mass is 370 g/mol. The Morgan fingerprint density at radius 1 is 1.08 bits per heavy atom. The van der Waals surface area contributed by atoms with Gasteiger partial charge in [-0.25, -0.2) is 4.79 Å². The van der Waals surface area contributed by atoms with Gasteiger partial charge in [-0.2, -0.15) is 0 Å². The fourth-order valence-corrected chi connectivity index (χ4v) is 4.31. The summed E-state index contributed by atoms with van der Waals surface area (Å²) < 4.78 is 5.80. The van der Waals surface area contributed by atoms with Gasteiger partial charge in [0.05, 0.1) is 0 Å². The molecule has 1 N–H and O–H groups in total. The van der Waals surface area contributed by atoms with E-state index in [1.807, 2.05) is 17.5 Å². The molecule has 2 saturated carbocycles. The summed E-state index contributed by atoms with van der Waals surface area (Å²) in [6.07, 6.45) is 10.5. The van der Waals surface area contributed by atoms with Crippen LogP contribution >= 0.6 is 11.3 Å². The number of hydrogen-bond acceptors (Lipinski definition) is 5. The van der Waals surface area contributed by atoms with E-state index in [1.54, 1.807) is 12.4 Å². The molecule has 2 aliphatic rings. The molecule has 0 spiro atoms. The fourth-order valence-electron chi connectivity index (χ4n) is 3.35. The lowest BCUT2D eigenvalue weighted by molar-refractivity contribution is -0.117. The summed E-state index contributed by atoms with van der Waals surface area (Å²) in [6.45, 7) is 0. The van der Waals surface area contributed by atoms with Gasteiger partial charge in [0.2, 0.25) is 5.91 Å². The molecule has 2 aromatic rings. The van der Waals surface area contributed by atoms with Crippen LogP contribution in [0.25, 0.3) is 11.1 Å². The summed E-state index contributed by atoms with van der Waals surface area (Å²) in [6, 6.07) is 3.73. The molecule has 2 heterocycles. The summed E-state index contributed by atoms with van der Waals surface area (Å²) in [4.78, 5) is 29.2. The molecule has 0 saturated heterocycles. The highest BCUT2D eigenvalue weighted by atomic mass is 32.1. The van der Waals surface area contributed by atoms with Gasteiger partial charge in [-0.1, -0.05) is 6.42 Å². The maximum atomic E-state index is 13.0. The van der Waals surface area contributed by atoms with E-state index in [4.69, 9.17) is 4.74 Å². The zero-order valence-electron chi connectivity index (χ0n) is 14.6. The Morgan fingerprint density at radius 2 is 1.81 bits per heavy atom. The van der Waals surface area contributed by atoms with E-state index in [0.717, 1.165) is 49.7 Å². The zero-order valence-corrected chi connectivity index (χ0v) is 15.4. The number of ether oxygens (including phenoxy) is 1. The van der Waals surface area contributed by atoms with Crippen molar-refractivity contribution in [1.29, 1.82) is 0 Å². The van der Waals surface area contributed by atoms with Crippen LogP contribution in [0.4, 0.5) is 5.00 Å². The molecule has 5 nitrogen and oxygen atoms in total. The van der Waals surface area contributed by atoms with E-state index in [1.165, 1.54) is 17.8 Å². The Bertz CT molecular complexity index is 793. The van der Waals surface area contributed by atoms with Crippen LogP contribution in [0.3, 0.4) is 0 Å². The molecular weight excluding hydrogens is 348 g/mol. The summed E-state index contributed by atoms with van der Waals surface area (Å²) in [7, 11) is 0. The molecule has 2 aliphatic carbocycles. The SMILES string of the molecule is O=C(OC1CCCCC1)c1c(-c2ccncc2)csc1NC(=O)C1CC1. The number of pyridine rings is 1. The fraction of sp³-hybridized carbons (Fsp3) is 0.450. The van der Waals surface area contributed by atoms with Crippen LogP contribution in [0.5, 0.6) is 0 Å². The van der Waals surface area contributed by atoms with Crippen LogP contribution in [0, 0.1) is 5.92 Å². The van der Waals surface area contributed by atoms with Crippen molar-refractivity contribution in [2.45, 2.75) is 51.0 Å². The van der Waals surface area contributed by atoms with Crippen LogP contribution < -0.4 is 5.32 Å². The minimum Gasteiger partial charge on any atom is -0.459 e. The standard InChI is InChI=1S/C20H22N2O3S/c23-18(14-6-7-14)22-19-17(20(24)25-15-4-2-1-3-5-15)16(12-26-19)13-8-10-21-11-9-13/h8-12,14-15H,1-7H2,(H,22,23). The summed E-state index contributed by atoms with van der Waals surface area (Å²) in [5.74, 6) is -0.250. The highest BCUT2D eigenvalue weighted by Gasteiger charge is 2.32. The Labute approximate surface area is 156 Å². The number of hydrogen-bond donors (Lipinski definition) is 1. The molecule has 26 heavy (non-hydrogen) atoms. The van der Waals surface area contributed by atoms with Gasteiger partial charge in [-0.05, 0) is 56.2 Å². The molecule has 4 rings (SSSR count). The van der Waals surface area contributed by atoms with Crippen molar-refractivity contribution < 1.29 is 14.3 Å². The number of nitrogens with one attached hydrogen (secondary N) is 1. The third-order valence-corrected chi connectivity index (χ3v) is 5.89. The first kappa shape index (κ1) is 17.2. The number of aromatic nitrogens is 1. The smallest absolute Gasteiger partial charge is 0.342 e. The lowest BCUT2D eigenvalue weighted by Crippen LogP contribution is -2.22. The van der Waals surface area contributed by atoms with Crippen molar-refractivity contribution >= 4 is 28.2 Å². The minimum absolute atomic E-state index is 0.000144. The maximum Gasteiger partial charge on any atom is 0.342 e. The summed E-state index contributed by atoms with van der Waals surface area (Å²) in [5.41, 5.74) is 2.17. The first-order valence-corrected chi connectivity index (χ1v) is 10.1. The van der Waals surface area contributed by atoms with E-state index in [2.05, 4.69) is 10.3 Å². The number of thiophene rings is 1. The van der Waals surface area contributed by atoms with Gasteiger partial charge in [0.1, 0.15) is 16.7 Å². The van der Waals surface area contributed by atoms with Crippen molar-refractivity contribution in [3.8, 4) is 11.1 Å². The summed E-state index contributed by atoms with van der Waals surface area (Å²) >= 11 is 1.38. The molecule has 6 heteroatoms. The molecule has 136 valence electrons. The molecule has 0 aromatic carbocycles. The van der Waals surface area contributed by atoms with Crippen LogP contribution in [-0.2, 0) is 9.53 Å². The lowest BCUT2D eigenvalue weighted by Gasteiger charge is -2.22. The van der Waals surface area contributed by atoms with E-state index in [0.29, 0.717) is 10.6 Å². The Kier molecular flexibility index (Phi) is 5.02. The molecule has 0 radical (unpaired) electrons. The number of esters is 1. The van der Waals surface area contributed by atoms with Gasteiger partial charge < -0.3 is 10.1 Å². The van der Waals surface area contributed by atoms with E-state index >= 15 is 0 Å². The van der Waals surface area contributed by atoms with Gasteiger partial charge in [0.25, 0.3) is 0 Å². The maximum absolute atomic E-state index is 13.0. The van der Waals surface area contributed by atoms with Gasteiger partial charge in [-0.15, -0.1) is 11.3 Å². The predicted octanol–water partition coefficient (Wildman–Crippen LogP) is 4.65. The van der Waals surface area contributed by atoms with Crippen molar-refractivity contribution in [3.05, 3.63) is 35.5 Å². The molecule has 1 amide bonds. The average Bonchev–Trinajstić information content (AvgIpc) is 3.44. The van der Waals surface area contributed by atoms with Crippen molar-refractivity contribution in [2.75, 3.05) is 5.32 Å². The second kappa shape index (κ2) is 7.58. The topological polar surface area (TPSA) is 68.3 Å². The number of nitrogens with zero attached hydrogens (tertiary/aromatic N) is 1. The number of rotatable bonds is 5. The predicted molar refractivity (Wildman–Crippen MR) is 101 cm³/mol. The van der Waals surface area contributed by atoms with Crippen LogP contribution in [0.1, 0.15) is 55.3 Å². The van der Waals surface area contributed by atoms with E-state index < -0.39 is 0 Å². The Morgan fingerprint density at radius 3 is 2.50 bits per heavy atom. The number of carbonyl (C=O) groups is 2. The molecule has 2 fully saturated rings. The van der Waals surface area contributed by atoms with Gasteiger partial charge >= 0.3 is 5.97 Å². The van der Waals surface area contributed by atoms with Gasteiger partial charge in [0.15, 0.2) is 0 Å². The first-order valence-electron chi connectivity index (χ1n) is 9.26. The Balaban J connectivity index is 1.62. The van der Waals surface area contributed by atoms with Crippen molar-refractivity contribution in [1.82, 2.24) is 4.98 Å². The lowest BCUT2D eigenvalue weighted by atomic mass is 9.97. The molecular formula is C20H22N2O3S. The largest absolute Gasteiger partial charge is 0.459 e. The molecule has 2 aromatic heterocycles. The van der Waals surface area contributed by atoms with Crippen LogP contribution in [0.15, 0.2) is 29.9 Å². The van der Waals surface area contributed by atoms with Crippen molar-refractivity contribution in [3.63, 3.8) is 0 Å². The van der Waals surface area contributed by atoms with E-state index in [-0.39, 0.29) is 23.9 Å². The van der Waals surface area contributed by atoms with Crippen molar-refractivity contribution in [2.24, 2.45) is 5.92 Å². The Hall–Kier alpha value is -2.21. The molecule has 0 bridgehead atoms. The van der Waals surface area contributed by atoms with Gasteiger partial charge in [-0.3, -0.25) is 9.78 Å². The quantitative estimate of drug-likeness (QED) is 0.778. The molecule has 0 atom stereocenters. The average molecular weight is 370 g/mol. The third-order valence-electron chi connectivity index (χ3n) is 5.00. The van der Waals surface area contributed by atoms with Crippen LogP contribution in [0.2, 0.25) is 0 Å². The third kappa shape index (κ3) is 3.80. The zero-order chi connectivity index (χ0) is 17.9. The number of anilines is 1. The second-order valence-corrected chi connectivity index (χ2v) is 7.90.